The highest BCUT2D eigenvalue weighted by Crippen LogP contribution is 2.25. The van der Waals surface area contributed by atoms with E-state index in [2.05, 4.69) is 5.32 Å². The van der Waals surface area contributed by atoms with Gasteiger partial charge in [0.05, 0.1) is 6.61 Å². The molecule has 1 aromatic carbocycles. The first-order valence-corrected chi connectivity index (χ1v) is 7.02. The van der Waals surface area contributed by atoms with Crippen LogP contribution in [0.2, 0.25) is 0 Å². The highest BCUT2D eigenvalue weighted by molar-refractivity contribution is 5.96. The summed E-state index contributed by atoms with van der Waals surface area (Å²) < 4.78 is 5.52. The van der Waals surface area contributed by atoms with Crippen LogP contribution in [0.1, 0.15) is 37.2 Å². The first kappa shape index (κ1) is 14.6. The van der Waals surface area contributed by atoms with Crippen LogP contribution in [0.3, 0.4) is 0 Å². The number of hydrogen-bond acceptors (Lipinski definition) is 3. The Morgan fingerprint density at radius 3 is 2.60 bits per heavy atom. The van der Waals surface area contributed by atoms with Gasteiger partial charge in [0.2, 0.25) is 0 Å². The monoisotopic (exact) mass is 275 g/mol. The summed E-state index contributed by atoms with van der Waals surface area (Å²) in [4.78, 5) is 12.1. The molecule has 4 nitrogen and oxygen atoms in total. The normalized spacial score (nSPS) is 11.8. The quantitative estimate of drug-likeness (QED) is 0.852. The van der Waals surface area contributed by atoms with Crippen LogP contribution in [0.4, 0.5) is 0 Å². The van der Waals surface area contributed by atoms with Crippen LogP contribution in [0.5, 0.6) is 0 Å². The molecule has 0 atom stereocenters. The van der Waals surface area contributed by atoms with Crippen molar-refractivity contribution in [3.05, 3.63) is 36.1 Å². The molecule has 0 radical (unpaired) electrons. The van der Waals surface area contributed by atoms with Crippen molar-refractivity contribution in [1.82, 2.24) is 5.32 Å². The topological polar surface area (TPSA) is 62.5 Å². The van der Waals surface area contributed by atoms with Crippen molar-refractivity contribution >= 4 is 16.9 Å². The molecule has 0 saturated carbocycles. The fourth-order valence-electron chi connectivity index (χ4n) is 2.23. The molecule has 0 aliphatic heterocycles. The molecule has 0 bridgehead atoms. The molecule has 4 heteroatoms. The number of aliphatic hydroxyl groups is 1. The molecule has 2 aromatic rings. The van der Waals surface area contributed by atoms with E-state index < -0.39 is 0 Å². The number of rotatable bonds is 6. The van der Waals surface area contributed by atoms with Gasteiger partial charge in [-0.05, 0) is 25.0 Å². The lowest BCUT2D eigenvalue weighted by Crippen LogP contribution is -2.39. The minimum absolute atomic E-state index is 0.0699. The lowest BCUT2D eigenvalue weighted by Gasteiger charge is -2.29. The van der Waals surface area contributed by atoms with E-state index in [4.69, 9.17) is 4.42 Å². The van der Waals surface area contributed by atoms with Gasteiger partial charge in [-0.3, -0.25) is 4.79 Å². The number of amides is 1. The smallest absolute Gasteiger partial charge is 0.287 e. The summed E-state index contributed by atoms with van der Waals surface area (Å²) in [7, 11) is 0. The van der Waals surface area contributed by atoms with Gasteiger partial charge in [-0.15, -0.1) is 0 Å². The molecular formula is C16H21NO3. The fraction of sp³-hybridized carbons (Fsp3) is 0.438. The second kappa shape index (κ2) is 6.09. The number of carbonyl (C=O) groups excluding carboxylic acids is 1. The number of carbonyl (C=O) groups is 1. The van der Waals surface area contributed by atoms with E-state index in [1.54, 1.807) is 6.07 Å². The van der Waals surface area contributed by atoms with Crippen molar-refractivity contribution in [3.8, 4) is 0 Å². The van der Waals surface area contributed by atoms with Gasteiger partial charge >= 0.3 is 0 Å². The van der Waals surface area contributed by atoms with E-state index in [0.717, 1.165) is 18.2 Å². The van der Waals surface area contributed by atoms with E-state index in [0.29, 0.717) is 17.9 Å². The van der Waals surface area contributed by atoms with Gasteiger partial charge in [0.1, 0.15) is 5.58 Å². The van der Waals surface area contributed by atoms with Crippen molar-refractivity contribution in [3.63, 3.8) is 0 Å². The second-order valence-corrected chi connectivity index (χ2v) is 5.20. The number of furan rings is 1. The van der Waals surface area contributed by atoms with Gasteiger partial charge in [0.25, 0.3) is 5.91 Å². The Labute approximate surface area is 118 Å². The molecule has 0 fully saturated rings. The van der Waals surface area contributed by atoms with Gasteiger partial charge in [-0.2, -0.15) is 0 Å². The van der Waals surface area contributed by atoms with Crippen molar-refractivity contribution in [2.75, 3.05) is 13.2 Å². The van der Waals surface area contributed by atoms with Crippen LogP contribution >= 0.6 is 0 Å². The molecular weight excluding hydrogens is 254 g/mol. The molecule has 0 unspecified atom stereocenters. The molecule has 2 rings (SSSR count). The van der Waals surface area contributed by atoms with Crippen LogP contribution in [-0.2, 0) is 0 Å². The van der Waals surface area contributed by atoms with Crippen LogP contribution in [-0.4, -0.2) is 24.2 Å². The Bertz CT molecular complexity index is 543. The number of aliphatic hydroxyl groups excluding tert-OH is 1. The van der Waals surface area contributed by atoms with Gasteiger partial charge in [-0.1, -0.05) is 32.0 Å². The van der Waals surface area contributed by atoms with E-state index in [-0.39, 0.29) is 17.9 Å². The van der Waals surface area contributed by atoms with E-state index in [1.165, 1.54) is 0 Å². The number of hydrogen-bond donors (Lipinski definition) is 2. The third-order valence-corrected chi connectivity index (χ3v) is 4.11. The zero-order chi connectivity index (χ0) is 14.6. The Balaban J connectivity index is 2.08. The summed E-state index contributed by atoms with van der Waals surface area (Å²) in [6.45, 7) is 4.56. The Morgan fingerprint density at radius 1 is 1.30 bits per heavy atom. The number of para-hydroxylation sites is 1. The number of nitrogens with one attached hydrogen (secondary N) is 1. The molecule has 0 spiro atoms. The molecule has 20 heavy (non-hydrogen) atoms. The third-order valence-electron chi connectivity index (χ3n) is 4.11. The molecule has 1 amide bonds. The van der Waals surface area contributed by atoms with Crippen LogP contribution in [0, 0.1) is 5.41 Å². The fourth-order valence-corrected chi connectivity index (χ4v) is 2.23. The molecule has 1 heterocycles. The SMILES string of the molecule is CCC(CC)(CO)CNC(=O)c1cc2ccccc2o1. The Hall–Kier alpha value is -1.81. The summed E-state index contributed by atoms with van der Waals surface area (Å²) in [5.41, 5.74) is 0.457. The molecule has 2 N–H and O–H groups in total. The zero-order valence-electron chi connectivity index (χ0n) is 12.0. The predicted octanol–water partition coefficient (Wildman–Crippen LogP) is 2.96. The first-order valence-electron chi connectivity index (χ1n) is 7.02. The van der Waals surface area contributed by atoms with Crippen LogP contribution < -0.4 is 5.32 Å². The molecule has 1 aromatic heterocycles. The summed E-state index contributed by atoms with van der Waals surface area (Å²) >= 11 is 0. The number of benzene rings is 1. The largest absolute Gasteiger partial charge is 0.451 e. The van der Waals surface area contributed by atoms with Gasteiger partial charge in [0, 0.05) is 17.3 Å². The summed E-state index contributed by atoms with van der Waals surface area (Å²) in [5.74, 6) is 0.0752. The van der Waals surface area contributed by atoms with Crippen molar-refractivity contribution in [2.45, 2.75) is 26.7 Å². The highest BCUT2D eigenvalue weighted by atomic mass is 16.3. The average molecular weight is 275 g/mol. The van der Waals surface area contributed by atoms with Crippen LogP contribution in [0.15, 0.2) is 34.7 Å². The Morgan fingerprint density at radius 2 is 2.00 bits per heavy atom. The maximum Gasteiger partial charge on any atom is 0.287 e. The minimum atomic E-state index is -0.248. The maximum atomic E-state index is 12.1. The van der Waals surface area contributed by atoms with Crippen molar-refractivity contribution in [2.24, 2.45) is 5.41 Å². The zero-order valence-corrected chi connectivity index (χ0v) is 12.0. The highest BCUT2D eigenvalue weighted by Gasteiger charge is 2.26. The predicted molar refractivity (Wildman–Crippen MR) is 78.6 cm³/mol. The van der Waals surface area contributed by atoms with E-state index in [9.17, 15) is 9.90 Å². The summed E-state index contributed by atoms with van der Waals surface area (Å²) in [6.07, 6.45) is 1.64. The Kier molecular flexibility index (Phi) is 4.45. The molecule has 0 aliphatic carbocycles. The first-order chi connectivity index (χ1) is 9.64. The van der Waals surface area contributed by atoms with Gasteiger partial charge in [-0.25, -0.2) is 0 Å². The van der Waals surface area contributed by atoms with E-state index >= 15 is 0 Å². The van der Waals surface area contributed by atoms with E-state index in [1.807, 2.05) is 38.1 Å². The minimum Gasteiger partial charge on any atom is -0.451 e. The van der Waals surface area contributed by atoms with Gasteiger partial charge < -0.3 is 14.8 Å². The molecule has 0 aliphatic rings. The average Bonchev–Trinajstić information content (AvgIpc) is 2.93. The van der Waals surface area contributed by atoms with Crippen molar-refractivity contribution < 1.29 is 14.3 Å². The lowest BCUT2D eigenvalue weighted by molar-refractivity contribution is 0.0829. The third kappa shape index (κ3) is 2.85. The van der Waals surface area contributed by atoms with Crippen LogP contribution in [0.25, 0.3) is 11.0 Å². The van der Waals surface area contributed by atoms with Gasteiger partial charge in [0.15, 0.2) is 5.76 Å². The molecule has 108 valence electrons. The second-order valence-electron chi connectivity index (χ2n) is 5.20. The summed E-state index contributed by atoms with van der Waals surface area (Å²) in [5, 5.41) is 13.3. The lowest BCUT2D eigenvalue weighted by atomic mass is 9.83. The van der Waals surface area contributed by atoms with Crippen molar-refractivity contribution in [1.29, 1.82) is 0 Å². The standard InChI is InChI=1S/C16H21NO3/c1-3-16(4-2,11-18)10-17-15(19)14-9-12-7-5-6-8-13(12)20-14/h5-9,18H,3-4,10-11H2,1-2H3,(H,17,19). The summed E-state index contributed by atoms with van der Waals surface area (Å²) in [6, 6.07) is 9.26. The number of fused-ring (bicyclic) bond motifs is 1. The molecule has 0 saturated heterocycles. The maximum absolute atomic E-state index is 12.1.